The molecule has 1 unspecified atom stereocenters. The van der Waals surface area contributed by atoms with Crippen LogP contribution < -0.4 is 5.32 Å². The molecule has 1 aliphatic rings. The number of anilines is 1. The number of aromatic nitrogens is 2. The van der Waals surface area contributed by atoms with E-state index in [0.717, 1.165) is 22.7 Å². The molecule has 0 saturated carbocycles. The number of hydrogen-bond acceptors (Lipinski definition) is 2. The lowest BCUT2D eigenvalue weighted by molar-refractivity contribution is 0.720. The van der Waals surface area contributed by atoms with Crippen LogP contribution in [-0.2, 0) is 0 Å². The van der Waals surface area contributed by atoms with Crippen LogP contribution >= 0.6 is 0 Å². The lowest BCUT2D eigenvalue weighted by Crippen LogP contribution is -2.19. The monoisotopic (exact) mass is 379 g/mol. The Bertz CT molecular complexity index is 1200. The van der Waals surface area contributed by atoms with Gasteiger partial charge < -0.3 is 5.32 Å². The molecule has 0 radical (unpaired) electrons. The third-order valence-electron chi connectivity index (χ3n) is 5.75. The van der Waals surface area contributed by atoms with Crippen LogP contribution in [0.25, 0.3) is 16.7 Å². The SMILES string of the molecule is Cc1ccc(C2C=C(c3ccc(C(C)C)cc3)Nc3nc4ccccc4n32)cc1. The first-order valence-corrected chi connectivity index (χ1v) is 10.2. The second-order valence-electron chi connectivity index (χ2n) is 8.13. The van der Waals surface area contributed by atoms with Gasteiger partial charge in [-0.05, 0) is 47.7 Å². The highest BCUT2D eigenvalue weighted by molar-refractivity contribution is 5.85. The van der Waals surface area contributed by atoms with Crippen LogP contribution in [0.2, 0.25) is 0 Å². The molecule has 1 N–H and O–H groups in total. The molecule has 1 atom stereocenters. The van der Waals surface area contributed by atoms with E-state index in [4.69, 9.17) is 4.98 Å². The number of benzene rings is 3. The second-order valence-corrected chi connectivity index (χ2v) is 8.13. The predicted octanol–water partition coefficient (Wildman–Crippen LogP) is 6.52. The number of nitrogens with one attached hydrogen (secondary N) is 1. The van der Waals surface area contributed by atoms with Crippen molar-refractivity contribution in [2.45, 2.75) is 32.7 Å². The predicted molar refractivity (Wildman–Crippen MR) is 121 cm³/mol. The van der Waals surface area contributed by atoms with Crippen LogP contribution in [0.5, 0.6) is 0 Å². The van der Waals surface area contributed by atoms with Crippen LogP contribution in [-0.4, -0.2) is 9.55 Å². The average molecular weight is 380 g/mol. The number of rotatable bonds is 3. The van der Waals surface area contributed by atoms with E-state index in [1.54, 1.807) is 0 Å². The number of aryl methyl sites for hydroxylation is 1. The maximum Gasteiger partial charge on any atom is 0.209 e. The molecule has 0 fully saturated rings. The van der Waals surface area contributed by atoms with Gasteiger partial charge in [0.25, 0.3) is 0 Å². The Morgan fingerprint density at radius 1 is 0.897 bits per heavy atom. The summed E-state index contributed by atoms with van der Waals surface area (Å²) in [4.78, 5) is 4.88. The Morgan fingerprint density at radius 2 is 1.62 bits per heavy atom. The van der Waals surface area contributed by atoms with Crippen molar-refractivity contribution in [3.05, 3.63) is 101 Å². The molecule has 4 aromatic rings. The fourth-order valence-corrected chi connectivity index (χ4v) is 4.03. The summed E-state index contributed by atoms with van der Waals surface area (Å²) in [6.07, 6.45) is 2.32. The lowest BCUT2D eigenvalue weighted by Gasteiger charge is -2.27. The molecule has 0 bridgehead atoms. The molecule has 0 amide bonds. The van der Waals surface area contributed by atoms with Crippen molar-refractivity contribution < 1.29 is 0 Å². The standard InChI is InChI=1S/C26H25N3/c1-17(2)19-12-14-20(15-13-19)23-16-25(21-10-8-18(3)9-11-21)29-24-7-5-4-6-22(24)27-26(29)28-23/h4-17,25H,1-3H3,(H,27,28). The molecule has 29 heavy (non-hydrogen) atoms. The van der Waals surface area contributed by atoms with Crippen molar-refractivity contribution >= 4 is 22.7 Å². The maximum absolute atomic E-state index is 4.88. The van der Waals surface area contributed by atoms with Gasteiger partial charge in [0.15, 0.2) is 0 Å². The van der Waals surface area contributed by atoms with Gasteiger partial charge in [-0.25, -0.2) is 4.98 Å². The quantitative estimate of drug-likeness (QED) is 0.439. The van der Waals surface area contributed by atoms with Crippen molar-refractivity contribution in [3.8, 4) is 0 Å². The van der Waals surface area contributed by atoms with Gasteiger partial charge in [-0.3, -0.25) is 4.57 Å². The van der Waals surface area contributed by atoms with Crippen LogP contribution in [0.1, 0.15) is 48.1 Å². The van der Waals surface area contributed by atoms with E-state index in [9.17, 15) is 0 Å². The van der Waals surface area contributed by atoms with Crippen LogP contribution in [0.3, 0.4) is 0 Å². The minimum absolute atomic E-state index is 0.0963. The van der Waals surface area contributed by atoms with Gasteiger partial charge >= 0.3 is 0 Å². The van der Waals surface area contributed by atoms with Gasteiger partial charge in [-0.2, -0.15) is 0 Å². The van der Waals surface area contributed by atoms with Gasteiger partial charge in [0, 0.05) is 5.70 Å². The number of hydrogen-bond donors (Lipinski definition) is 1. The first-order chi connectivity index (χ1) is 14.1. The summed E-state index contributed by atoms with van der Waals surface area (Å²) in [7, 11) is 0. The Hall–Kier alpha value is -3.33. The molecule has 144 valence electrons. The lowest BCUT2D eigenvalue weighted by atomic mass is 9.98. The minimum Gasteiger partial charge on any atom is -0.325 e. The number of fused-ring (bicyclic) bond motifs is 3. The van der Waals surface area contributed by atoms with E-state index in [2.05, 4.69) is 103 Å². The van der Waals surface area contributed by atoms with Gasteiger partial charge in [0.2, 0.25) is 5.95 Å². The first kappa shape index (κ1) is 17.7. The van der Waals surface area contributed by atoms with Gasteiger partial charge in [0.05, 0.1) is 17.1 Å². The Balaban J connectivity index is 1.65. The number of nitrogens with zero attached hydrogens (tertiary/aromatic N) is 2. The minimum atomic E-state index is 0.0963. The van der Waals surface area contributed by atoms with Crippen LogP contribution in [0, 0.1) is 6.92 Å². The highest BCUT2D eigenvalue weighted by atomic mass is 15.2. The smallest absolute Gasteiger partial charge is 0.209 e. The van der Waals surface area contributed by atoms with Crippen molar-refractivity contribution in [3.63, 3.8) is 0 Å². The summed E-state index contributed by atoms with van der Waals surface area (Å²) in [5.41, 5.74) is 8.33. The van der Waals surface area contributed by atoms with E-state index in [1.807, 2.05) is 6.07 Å². The van der Waals surface area contributed by atoms with Gasteiger partial charge in [-0.1, -0.05) is 80.1 Å². The fourth-order valence-electron chi connectivity index (χ4n) is 4.03. The molecule has 1 aliphatic heterocycles. The number of allylic oxidation sites excluding steroid dienone is 1. The highest BCUT2D eigenvalue weighted by Crippen LogP contribution is 2.37. The van der Waals surface area contributed by atoms with Crippen molar-refractivity contribution in [2.75, 3.05) is 5.32 Å². The largest absolute Gasteiger partial charge is 0.325 e. The maximum atomic E-state index is 4.88. The highest BCUT2D eigenvalue weighted by Gasteiger charge is 2.25. The molecule has 0 spiro atoms. The zero-order chi connectivity index (χ0) is 20.0. The summed E-state index contributed by atoms with van der Waals surface area (Å²) in [5.74, 6) is 1.42. The van der Waals surface area contributed by atoms with Crippen LogP contribution in [0.4, 0.5) is 5.95 Å². The fraction of sp³-hybridized carbons (Fsp3) is 0.192. The van der Waals surface area contributed by atoms with E-state index >= 15 is 0 Å². The topological polar surface area (TPSA) is 29.9 Å². The van der Waals surface area contributed by atoms with Crippen molar-refractivity contribution in [1.29, 1.82) is 0 Å². The Kier molecular flexibility index (Phi) is 4.24. The van der Waals surface area contributed by atoms with E-state index in [-0.39, 0.29) is 6.04 Å². The van der Waals surface area contributed by atoms with Crippen molar-refractivity contribution in [1.82, 2.24) is 9.55 Å². The Labute approximate surface area is 171 Å². The normalized spacial score (nSPS) is 15.9. The zero-order valence-corrected chi connectivity index (χ0v) is 17.1. The molecular weight excluding hydrogens is 354 g/mol. The van der Waals surface area contributed by atoms with Gasteiger partial charge in [-0.15, -0.1) is 0 Å². The summed E-state index contributed by atoms with van der Waals surface area (Å²) in [6, 6.07) is 26.1. The average Bonchev–Trinajstić information content (AvgIpc) is 3.12. The summed E-state index contributed by atoms with van der Waals surface area (Å²) in [6.45, 7) is 6.58. The summed E-state index contributed by atoms with van der Waals surface area (Å²) >= 11 is 0. The van der Waals surface area contributed by atoms with E-state index in [1.165, 1.54) is 22.3 Å². The number of imidazole rings is 1. The first-order valence-electron chi connectivity index (χ1n) is 10.2. The molecule has 0 aliphatic carbocycles. The van der Waals surface area contributed by atoms with Crippen molar-refractivity contribution in [2.24, 2.45) is 0 Å². The number of para-hydroxylation sites is 2. The molecule has 5 rings (SSSR count). The third kappa shape index (κ3) is 3.13. The second kappa shape index (κ2) is 6.93. The molecule has 0 saturated heterocycles. The zero-order valence-electron chi connectivity index (χ0n) is 17.1. The van der Waals surface area contributed by atoms with Gasteiger partial charge in [0.1, 0.15) is 0 Å². The molecular formula is C26H25N3. The van der Waals surface area contributed by atoms with E-state index in [0.29, 0.717) is 5.92 Å². The molecule has 3 aromatic carbocycles. The Morgan fingerprint density at radius 3 is 2.34 bits per heavy atom. The molecule has 3 nitrogen and oxygen atoms in total. The van der Waals surface area contributed by atoms with E-state index < -0.39 is 0 Å². The third-order valence-corrected chi connectivity index (χ3v) is 5.75. The summed E-state index contributed by atoms with van der Waals surface area (Å²) in [5, 5.41) is 3.58. The molecule has 3 heteroatoms. The molecule has 1 aromatic heterocycles. The molecule has 2 heterocycles. The van der Waals surface area contributed by atoms with Crippen LogP contribution in [0.15, 0.2) is 78.9 Å². The summed E-state index contributed by atoms with van der Waals surface area (Å²) < 4.78 is 2.30.